The summed E-state index contributed by atoms with van der Waals surface area (Å²) in [6.07, 6.45) is 2.88. The lowest BCUT2D eigenvalue weighted by Crippen LogP contribution is -1.83. The fraction of sp³-hybridized carbons (Fsp3) is 0. The second kappa shape index (κ2) is 4.09. The van der Waals surface area contributed by atoms with Gasteiger partial charge < -0.3 is 0 Å². The van der Waals surface area contributed by atoms with E-state index in [-0.39, 0.29) is 0 Å². The van der Waals surface area contributed by atoms with Crippen LogP contribution in [0.2, 0.25) is 0 Å². The van der Waals surface area contributed by atoms with Crippen molar-refractivity contribution in [1.82, 2.24) is 0 Å². The zero-order valence-electron chi connectivity index (χ0n) is 6.40. The molecule has 2 nitrogen and oxygen atoms in total. The minimum atomic E-state index is -0.529. The van der Waals surface area contributed by atoms with E-state index in [2.05, 4.69) is 0 Å². The van der Waals surface area contributed by atoms with E-state index in [1.807, 2.05) is 30.3 Å². The van der Waals surface area contributed by atoms with Crippen molar-refractivity contribution >= 4 is 11.9 Å². The van der Waals surface area contributed by atoms with Crippen LogP contribution in [-0.2, 0) is 4.79 Å². The average Bonchev–Trinajstić information content (AvgIpc) is 2.16. The van der Waals surface area contributed by atoms with Gasteiger partial charge in [-0.25, -0.2) is 0 Å². The topological polar surface area (TPSA) is 40.9 Å². The highest BCUT2D eigenvalue weighted by Crippen LogP contribution is 2.00. The first-order chi connectivity index (χ1) is 5.83. The maximum absolute atomic E-state index is 10.5. The Balaban J connectivity index is 2.72. The fourth-order valence-corrected chi connectivity index (χ4v) is 0.773. The average molecular weight is 157 g/mol. The standard InChI is InChI=1S/C10H7NO/c11-8-10(12)7-6-9-4-2-1-3-5-9/h1-7H. The number of hydrogen-bond acceptors (Lipinski definition) is 2. The molecular weight excluding hydrogens is 150 g/mol. The molecule has 0 radical (unpaired) electrons. The zero-order valence-corrected chi connectivity index (χ0v) is 6.40. The summed E-state index contributed by atoms with van der Waals surface area (Å²) in [5.41, 5.74) is 0.918. The Morgan fingerprint density at radius 3 is 2.58 bits per heavy atom. The lowest BCUT2D eigenvalue weighted by atomic mass is 10.2. The summed E-state index contributed by atoms with van der Waals surface area (Å²) < 4.78 is 0. The Morgan fingerprint density at radius 2 is 2.00 bits per heavy atom. The molecule has 0 aliphatic rings. The molecule has 0 bridgehead atoms. The van der Waals surface area contributed by atoms with Crippen LogP contribution in [0.15, 0.2) is 36.4 Å². The maximum atomic E-state index is 10.5. The number of benzene rings is 1. The van der Waals surface area contributed by atoms with Gasteiger partial charge in [0.25, 0.3) is 5.78 Å². The second-order valence-electron chi connectivity index (χ2n) is 2.22. The van der Waals surface area contributed by atoms with Crippen molar-refractivity contribution in [3.63, 3.8) is 0 Å². The van der Waals surface area contributed by atoms with Crippen LogP contribution in [0, 0.1) is 11.3 Å². The number of hydrogen-bond donors (Lipinski definition) is 0. The number of nitriles is 1. The molecule has 0 N–H and O–H groups in total. The van der Waals surface area contributed by atoms with Crippen LogP contribution in [-0.4, -0.2) is 5.78 Å². The van der Waals surface area contributed by atoms with E-state index in [0.717, 1.165) is 5.56 Å². The molecule has 0 unspecified atom stereocenters. The van der Waals surface area contributed by atoms with Crippen molar-refractivity contribution < 1.29 is 4.79 Å². The summed E-state index contributed by atoms with van der Waals surface area (Å²) in [5.74, 6) is -0.529. The fourth-order valence-electron chi connectivity index (χ4n) is 0.773. The summed E-state index contributed by atoms with van der Waals surface area (Å²) in [5, 5.41) is 8.16. The molecule has 0 aliphatic heterocycles. The third-order valence-electron chi connectivity index (χ3n) is 1.34. The molecule has 1 rings (SSSR count). The van der Waals surface area contributed by atoms with Crippen LogP contribution in [0.25, 0.3) is 6.08 Å². The number of carbonyl (C=O) groups excluding carboxylic acids is 1. The number of allylic oxidation sites excluding steroid dienone is 1. The van der Waals surface area contributed by atoms with Crippen LogP contribution in [0.1, 0.15) is 5.56 Å². The van der Waals surface area contributed by atoms with Crippen LogP contribution in [0.3, 0.4) is 0 Å². The summed E-state index contributed by atoms with van der Waals surface area (Å²) in [7, 11) is 0. The Bertz CT molecular complexity index is 333. The van der Waals surface area contributed by atoms with Crippen LogP contribution in [0.5, 0.6) is 0 Å². The quantitative estimate of drug-likeness (QED) is 0.485. The van der Waals surface area contributed by atoms with Gasteiger partial charge in [-0.3, -0.25) is 4.79 Å². The first-order valence-corrected chi connectivity index (χ1v) is 3.50. The van der Waals surface area contributed by atoms with Crippen molar-refractivity contribution in [2.24, 2.45) is 0 Å². The van der Waals surface area contributed by atoms with Gasteiger partial charge in [-0.1, -0.05) is 36.4 Å². The number of carbonyl (C=O) groups is 1. The van der Waals surface area contributed by atoms with E-state index < -0.39 is 5.78 Å². The van der Waals surface area contributed by atoms with Crippen molar-refractivity contribution in [3.8, 4) is 6.07 Å². The van der Waals surface area contributed by atoms with Gasteiger partial charge >= 0.3 is 0 Å². The van der Waals surface area contributed by atoms with Gasteiger partial charge in [0.15, 0.2) is 0 Å². The summed E-state index contributed by atoms with van der Waals surface area (Å²) in [6, 6.07) is 10.9. The molecule has 0 saturated heterocycles. The molecule has 0 aliphatic carbocycles. The zero-order chi connectivity index (χ0) is 8.81. The molecule has 12 heavy (non-hydrogen) atoms. The Labute approximate surface area is 70.8 Å². The predicted molar refractivity (Wildman–Crippen MR) is 46.1 cm³/mol. The molecule has 0 heterocycles. The van der Waals surface area contributed by atoms with Gasteiger partial charge in [-0.2, -0.15) is 5.26 Å². The molecular formula is C10H7NO. The monoisotopic (exact) mass is 157 g/mol. The summed E-state index contributed by atoms with van der Waals surface area (Å²) >= 11 is 0. The first-order valence-electron chi connectivity index (χ1n) is 3.50. The first kappa shape index (κ1) is 8.22. The van der Waals surface area contributed by atoms with Crippen LogP contribution < -0.4 is 0 Å². The maximum Gasteiger partial charge on any atom is 0.255 e. The SMILES string of the molecule is N#CC(=O)C=Cc1ccccc1. The highest BCUT2D eigenvalue weighted by Gasteiger charge is 1.89. The molecule has 0 atom stereocenters. The normalized spacial score (nSPS) is 9.58. The van der Waals surface area contributed by atoms with E-state index in [1.54, 1.807) is 6.08 Å². The molecule has 0 saturated carbocycles. The Kier molecular flexibility index (Phi) is 2.80. The van der Waals surface area contributed by atoms with Gasteiger partial charge in [0.1, 0.15) is 6.07 Å². The van der Waals surface area contributed by atoms with E-state index in [1.165, 1.54) is 12.1 Å². The lowest BCUT2D eigenvalue weighted by molar-refractivity contribution is -0.109. The van der Waals surface area contributed by atoms with Crippen molar-refractivity contribution in [1.29, 1.82) is 5.26 Å². The number of nitrogens with zero attached hydrogens (tertiary/aromatic N) is 1. The summed E-state index contributed by atoms with van der Waals surface area (Å²) in [4.78, 5) is 10.5. The molecule has 58 valence electrons. The lowest BCUT2D eigenvalue weighted by Gasteiger charge is -1.87. The Hall–Kier alpha value is -1.88. The molecule has 0 aromatic heterocycles. The van der Waals surface area contributed by atoms with Crippen molar-refractivity contribution in [3.05, 3.63) is 42.0 Å². The predicted octanol–water partition coefficient (Wildman–Crippen LogP) is 1.79. The smallest absolute Gasteiger partial charge is 0.255 e. The highest BCUT2D eigenvalue weighted by molar-refractivity contribution is 6.04. The third kappa shape index (κ3) is 2.39. The van der Waals surface area contributed by atoms with Crippen LogP contribution in [0.4, 0.5) is 0 Å². The van der Waals surface area contributed by atoms with Gasteiger partial charge in [-0.15, -0.1) is 0 Å². The van der Waals surface area contributed by atoms with Crippen LogP contribution >= 0.6 is 0 Å². The van der Waals surface area contributed by atoms with E-state index in [4.69, 9.17) is 5.26 Å². The van der Waals surface area contributed by atoms with Crippen molar-refractivity contribution in [2.75, 3.05) is 0 Å². The van der Waals surface area contributed by atoms with E-state index >= 15 is 0 Å². The molecule has 2 heteroatoms. The summed E-state index contributed by atoms with van der Waals surface area (Å²) in [6.45, 7) is 0. The van der Waals surface area contributed by atoms with Gasteiger partial charge in [0.2, 0.25) is 0 Å². The number of ketones is 1. The minimum absolute atomic E-state index is 0.529. The largest absolute Gasteiger partial charge is 0.278 e. The van der Waals surface area contributed by atoms with Gasteiger partial charge in [0.05, 0.1) is 0 Å². The number of rotatable bonds is 2. The van der Waals surface area contributed by atoms with Crippen molar-refractivity contribution in [2.45, 2.75) is 0 Å². The second-order valence-corrected chi connectivity index (χ2v) is 2.22. The van der Waals surface area contributed by atoms with Gasteiger partial charge in [0, 0.05) is 0 Å². The molecule has 0 spiro atoms. The molecule has 0 amide bonds. The minimum Gasteiger partial charge on any atom is -0.278 e. The Morgan fingerprint density at radius 1 is 1.33 bits per heavy atom. The molecule has 1 aromatic rings. The van der Waals surface area contributed by atoms with E-state index in [9.17, 15) is 4.79 Å². The highest BCUT2D eigenvalue weighted by atomic mass is 16.1. The molecule has 0 fully saturated rings. The third-order valence-corrected chi connectivity index (χ3v) is 1.34. The van der Waals surface area contributed by atoms with Gasteiger partial charge in [-0.05, 0) is 11.6 Å². The van der Waals surface area contributed by atoms with E-state index in [0.29, 0.717) is 0 Å². The molecule has 1 aromatic carbocycles.